The summed E-state index contributed by atoms with van der Waals surface area (Å²) >= 11 is 0. The molecule has 0 aliphatic carbocycles. The Balaban J connectivity index is 1.54. The van der Waals surface area contributed by atoms with Crippen LogP contribution in [0.15, 0.2) is 40.3 Å². The molecule has 1 fully saturated rings. The summed E-state index contributed by atoms with van der Waals surface area (Å²) in [5.41, 5.74) is -0.688. The van der Waals surface area contributed by atoms with Gasteiger partial charge in [0.2, 0.25) is 0 Å². The van der Waals surface area contributed by atoms with Crippen LogP contribution in [0.25, 0.3) is 11.0 Å². The molecule has 0 bridgehead atoms. The highest BCUT2D eigenvalue weighted by Gasteiger charge is 2.16. The van der Waals surface area contributed by atoms with Gasteiger partial charge in [-0.25, -0.2) is 14.2 Å². The zero-order valence-corrected chi connectivity index (χ0v) is 17.1. The Labute approximate surface area is 177 Å². The van der Waals surface area contributed by atoms with Gasteiger partial charge < -0.3 is 14.2 Å². The van der Waals surface area contributed by atoms with Gasteiger partial charge in [0.05, 0.1) is 30.6 Å². The second-order valence-corrected chi connectivity index (χ2v) is 7.30. The Morgan fingerprint density at radius 2 is 2.03 bits per heavy atom. The van der Waals surface area contributed by atoms with Crippen LogP contribution >= 0.6 is 0 Å². The summed E-state index contributed by atoms with van der Waals surface area (Å²) < 4.78 is 32.6. The van der Waals surface area contributed by atoms with Crippen molar-refractivity contribution in [1.82, 2.24) is 19.1 Å². The van der Waals surface area contributed by atoms with Crippen molar-refractivity contribution < 1.29 is 18.6 Å². The van der Waals surface area contributed by atoms with Crippen LogP contribution < -0.4 is 16.0 Å². The van der Waals surface area contributed by atoms with Crippen molar-refractivity contribution >= 4 is 11.0 Å². The van der Waals surface area contributed by atoms with Crippen LogP contribution in [0.3, 0.4) is 0 Å². The number of ether oxygens (including phenoxy) is 3. The normalized spacial score (nSPS) is 16.5. The molecule has 1 aliphatic heterocycles. The molecule has 0 spiro atoms. The maximum Gasteiger partial charge on any atom is 0.332 e. The Bertz CT molecular complexity index is 1190. The van der Waals surface area contributed by atoms with Gasteiger partial charge in [-0.15, -0.1) is 0 Å². The molecule has 0 aromatic carbocycles. The summed E-state index contributed by atoms with van der Waals surface area (Å²) in [5.74, 6) is -0.134. The number of aryl methyl sites for hydroxylation is 1. The minimum absolute atomic E-state index is 0.174. The number of halogens is 1. The van der Waals surface area contributed by atoms with Gasteiger partial charge in [-0.2, -0.15) is 0 Å². The SMILES string of the molecule is Cn1c(=O)n(CCCOC2CCCCO2)c(=O)c2cc(Oc3cncc(F)c3)cnc21. The highest BCUT2D eigenvalue weighted by atomic mass is 19.1. The first-order valence-electron chi connectivity index (χ1n) is 10.1. The molecule has 0 radical (unpaired) electrons. The third-order valence-corrected chi connectivity index (χ3v) is 5.04. The molecule has 0 N–H and O–H groups in total. The third kappa shape index (κ3) is 4.80. The van der Waals surface area contributed by atoms with E-state index in [1.165, 1.54) is 29.1 Å². The van der Waals surface area contributed by atoms with Gasteiger partial charge in [-0.05, 0) is 31.7 Å². The number of hydrogen-bond donors (Lipinski definition) is 0. The van der Waals surface area contributed by atoms with Gasteiger partial charge in [0, 0.05) is 26.3 Å². The molecule has 3 aromatic rings. The maximum absolute atomic E-state index is 13.3. The number of fused-ring (bicyclic) bond motifs is 1. The molecule has 4 heterocycles. The lowest BCUT2D eigenvalue weighted by Crippen LogP contribution is -2.39. The van der Waals surface area contributed by atoms with E-state index in [0.29, 0.717) is 19.6 Å². The lowest BCUT2D eigenvalue weighted by Gasteiger charge is -2.22. The van der Waals surface area contributed by atoms with Crippen LogP contribution in [0.2, 0.25) is 0 Å². The molecule has 1 unspecified atom stereocenters. The Kier molecular flexibility index (Phi) is 6.38. The highest BCUT2D eigenvalue weighted by Crippen LogP contribution is 2.22. The average molecular weight is 430 g/mol. The first-order valence-corrected chi connectivity index (χ1v) is 10.1. The topological polar surface area (TPSA) is 97.5 Å². The van der Waals surface area contributed by atoms with E-state index in [0.717, 1.165) is 30.0 Å². The fraction of sp³-hybridized carbons (Fsp3) is 0.429. The van der Waals surface area contributed by atoms with E-state index in [9.17, 15) is 14.0 Å². The van der Waals surface area contributed by atoms with Crippen molar-refractivity contribution in [2.24, 2.45) is 7.05 Å². The molecule has 9 nitrogen and oxygen atoms in total. The smallest absolute Gasteiger partial charge is 0.332 e. The molecule has 4 rings (SSSR count). The molecule has 164 valence electrons. The van der Waals surface area contributed by atoms with Gasteiger partial charge in [0.15, 0.2) is 6.29 Å². The monoisotopic (exact) mass is 430 g/mol. The number of rotatable bonds is 7. The summed E-state index contributed by atoms with van der Waals surface area (Å²) in [7, 11) is 1.55. The minimum atomic E-state index is -0.545. The molecular weight excluding hydrogens is 407 g/mol. The molecule has 0 amide bonds. The van der Waals surface area contributed by atoms with Crippen LogP contribution in [0.1, 0.15) is 25.7 Å². The Morgan fingerprint density at radius 1 is 1.19 bits per heavy atom. The van der Waals surface area contributed by atoms with Gasteiger partial charge in [-0.1, -0.05) is 0 Å². The predicted octanol–water partition coefficient (Wildman–Crippen LogP) is 2.35. The molecule has 1 atom stereocenters. The number of pyridine rings is 2. The zero-order valence-electron chi connectivity index (χ0n) is 17.1. The van der Waals surface area contributed by atoms with Crippen molar-refractivity contribution in [3.63, 3.8) is 0 Å². The number of nitrogens with zero attached hydrogens (tertiary/aromatic N) is 4. The first-order chi connectivity index (χ1) is 15.0. The summed E-state index contributed by atoms with van der Waals surface area (Å²) in [5, 5.41) is 0.223. The molecule has 3 aromatic heterocycles. The largest absolute Gasteiger partial charge is 0.454 e. The zero-order chi connectivity index (χ0) is 21.8. The van der Waals surface area contributed by atoms with E-state index in [2.05, 4.69) is 9.97 Å². The highest BCUT2D eigenvalue weighted by molar-refractivity contribution is 5.75. The van der Waals surface area contributed by atoms with Crippen LogP contribution in [-0.2, 0) is 23.1 Å². The molecule has 1 saturated heterocycles. The summed E-state index contributed by atoms with van der Waals surface area (Å²) in [4.78, 5) is 33.5. The van der Waals surface area contributed by atoms with Crippen molar-refractivity contribution in [1.29, 1.82) is 0 Å². The lowest BCUT2D eigenvalue weighted by atomic mass is 10.2. The minimum Gasteiger partial charge on any atom is -0.454 e. The van der Waals surface area contributed by atoms with Gasteiger partial charge in [0.25, 0.3) is 5.56 Å². The lowest BCUT2D eigenvalue weighted by molar-refractivity contribution is -0.163. The Hall–Kier alpha value is -3.11. The predicted molar refractivity (Wildman–Crippen MR) is 110 cm³/mol. The first kappa shape index (κ1) is 21.1. The van der Waals surface area contributed by atoms with E-state index in [1.54, 1.807) is 7.05 Å². The van der Waals surface area contributed by atoms with Crippen molar-refractivity contribution in [2.75, 3.05) is 13.2 Å². The number of hydrogen-bond acceptors (Lipinski definition) is 7. The van der Waals surface area contributed by atoms with Crippen molar-refractivity contribution in [3.8, 4) is 11.5 Å². The molecule has 31 heavy (non-hydrogen) atoms. The van der Waals surface area contributed by atoms with E-state index >= 15 is 0 Å². The standard InChI is InChI=1S/C21H23FN4O5/c1-25-19-17(10-16(13-24-19)31-15-9-14(22)11-23-12-15)20(27)26(21(25)28)6-4-8-30-18-5-2-3-7-29-18/h9-13,18H,2-8H2,1H3. The second-order valence-electron chi connectivity index (χ2n) is 7.30. The third-order valence-electron chi connectivity index (χ3n) is 5.04. The van der Waals surface area contributed by atoms with E-state index in [-0.39, 0.29) is 35.4 Å². The average Bonchev–Trinajstić information content (AvgIpc) is 2.78. The van der Waals surface area contributed by atoms with Crippen molar-refractivity contribution in [3.05, 3.63) is 57.4 Å². The van der Waals surface area contributed by atoms with Crippen LogP contribution in [0, 0.1) is 5.82 Å². The van der Waals surface area contributed by atoms with Gasteiger partial charge in [0.1, 0.15) is 23.0 Å². The van der Waals surface area contributed by atoms with E-state index in [4.69, 9.17) is 14.2 Å². The van der Waals surface area contributed by atoms with Gasteiger partial charge >= 0.3 is 5.69 Å². The summed E-state index contributed by atoms with van der Waals surface area (Å²) in [6.07, 6.45) is 7.01. The Morgan fingerprint density at radius 3 is 2.81 bits per heavy atom. The fourth-order valence-corrected chi connectivity index (χ4v) is 3.48. The summed E-state index contributed by atoms with van der Waals surface area (Å²) in [6.45, 7) is 1.28. The summed E-state index contributed by atoms with van der Waals surface area (Å²) in [6, 6.07) is 2.66. The van der Waals surface area contributed by atoms with E-state index in [1.807, 2.05) is 0 Å². The number of aromatic nitrogens is 4. The maximum atomic E-state index is 13.3. The molecular formula is C21H23FN4O5. The quantitative estimate of drug-likeness (QED) is 0.531. The molecule has 1 aliphatic rings. The van der Waals surface area contributed by atoms with Crippen LogP contribution in [-0.4, -0.2) is 38.6 Å². The molecule has 10 heteroatoms. The van der Waals surface area contributed by atoms with Crippen LogP contribution in [0.5, 0.6) is 11.5 Å². The van der Waals surface area contributed by atoms with Crippen molar-refractivity contribution in [2.45, 2.75) is 38.5 Å². The van der Waals surface area contributed by atoms with E-state index < -0.39 is 17.1 Å². The van der Waals surface area contributed by atoms with Gasteiger partial charge in [-0.3, -0.25) is 18.9 Å². The second kappa shape index (κ2) is 9.36. The fourth-order valence-electron chi connectivity index (χ4n) is 3.48. The molecule has 0 saturated carbocycles. The van der Waals surface area contributed by atoms with Crippen LogP contribution in [0.4, 0.5) is 4.39 Å².